The molecule has 154 valence electrons. The standard InChI is InChI=1S/C22H27N3O4/c1-17(22(18-8-4-3-5-9-18)25-12-14-28-15-13-25)23-24-21(26)16-29-20-11-7-6-10-19(20)27-2/h3-11,22H,12-16H2,1-2H3,(H,24,26)/p+1/b23-17-/t22-/m0/s1. The zero-order valence-corrected chi connectivity index (χ0v) is 16.9. The summed E-state index contributed by atoms with van der Waals surface area (Å²) in [5, 5.41) is 4.38. The van der Waals surface area contributed by atoms with Gasteiger partial charge in [0.1, 0.15) is 13.1 Å². The Hall–Kier alpha value is -2.90. The molecule has 0 saturated carbocycles. The highest BCUT2D eigenvalue weighted by Crippen LogP contribution is 2.25. The summed E-state index contributed by atoms with van der Waals surface area (Å²) < 4.78 is 16.3. The van der Waals surface area contributed by atoms with Crippen LogP contribution in [0.3, 0.4) is 0 Å². The van der Waals surface area contributed by atoms with Crippen LogP contribution in [0.25, 0.3) is 0 Å². The molecule has 2 aromatic rings. The second-order valence-corrected chi connectivity index (χ2v) is 6.84. The summed E-state index contributed by atoms with van der Waals surface area (Å²) in [6.07, 6.45) is 0. The first kappa shape index (κ1) is 20.8. The minimum Gasteiger partial charge on any atom is -0.493 e. The lowest BCUT2D eigenvalue weighted by molar-refractivity contribution is -0.928. The van der Waals surface area contributed by atoms with Gasteiger partial charge in [0.05, 0.1) is 26.0 Å². The highest BCUT2D eigenvalue weighted by atomic mass is 16.5. The average Bonchev–Trinajstić information content (AvgIpc) is 2.78. The Morgan fingerprint density at radius 3 is 2.45 bits per heavy atom. The SMILES string of the molecule is COc1ccccc1OCC(=O)N/N=C(/C)[C@@H](c1ccccc1)[NH+]1CCOCC1. The molecule has 0 aliphatic carbocycles. The summed E-state index contributed by atoms with van der Waals surface area (Å²) >= 11 is 0. The summed E-state index contributed by atoms with van der Waals surface area (Å²) in [6.45, 7) is 5.06. The van der Waals surface area contributed by atoms with E-state index in [0.717, 1.165) is 32.0 Å². The predicted octanol–water partition coefficient (Wildman–Crippen LogP) is 1.22. The highest BCUT2D eigenvalue weighted by molar-refractivity contribution is 5.88. The number of morpholine rings is 1. The Bertz CT molecular complexity index is 820. The lowest BCUT2D eigenvalue weighted by atomic mass is 10.0. The molecule has 7 nitrogen and oxygen atoms in total. The zero-order valence-electron chi connectivity index (χ0n) is 16.9. The molecule has 0 spiro atoms. The van der Waals surface area contributed by atoms with Crippen molar-refractivity contribution in [2.75, 3.05) is 40.0 Å². The van der Waals surface area contributed by atoms with E-state index in [-0.39, 0.29) is 18.6 Å². The number of hydrazone groups is 1. The first-order chi connectivity index (χ1) is 14.2. The van der Waals surface area contributed by atoms with Crippen LogP contribution < -0.4 is 19.8 Å². The van der Waals surface area contributed by atoms with Gasteiger partial charge in [-0.05, 0) is 19.1 Å². The van der Waals surface area contributed by atoms with Crippen LogP contribution in [0.1, 0.15) is 18.5 Å². The van der Waals surface area contributed by atoms with E-state index in [9.17, 15) is 4.79 Å². The van der Waals surface area contributed by atoms with E-state index in [1.807, 2.05) is 37.3 Å². The molecular weight excluding hydrogens is 370 g/mol. The number of quaternary nitrogens is 1. The normalized spacial score (nSPS) is 16.1. The topological polar surface area (TPSA) is 73.6 Å². The molecule has 1 aliphatic heterocycles. The Labute approximate surface area is 171 Å². The fourth-order valence-electron chi connectivity index (χ4n) is 3.47. The number of ether oxygens (including phenoxy) is 3. The fourth-order valence-corrected chi connectivity index (χ4v) is 3.47. The summed E-state index contributed by atoms with van der Waals surface area (Å²) in [5.74, 6) is 0.782. The predicted molar refractivity (Wildman–Crippen MR) is 110 cm³/mol. The number of rotatable bonds is 8. The molecule has 2 aromatic carbocycles. The largest absolute Gasteiger partial charge is 0.493 e. The Morgan fingerprint density at radius 1 is 1.10 bits per heavy atom. The zero-order chi connectivity index (χ0) is 20.5. The van der Waals surface area contributed by atoms with Gasteiger partial charge >= 0.3 is 0 Å². The summed E-state index contributed by atoms with van der Waals surface area (Å²) in [6, 6.07) is 17.5. The van der Waals surface area contributed by atoms with Gasteiger partial charge in [0.15, 0.2) is 24.1 Å². The first-order valence-electron chi connectivity index (χ1n) is 9.75. The van der Waals surface area contributed by atoms with E-state index in [0.29, 0.717) is 11.5 Å². The molecule has 0 aromatic heterocycles. The van der Waals surface area contributed by atoms with Crippen LogP contribution in [0.4, 0.5) is 0 Å². The number of carbonyl (C=O) groups excluding carboxylic acids is 1. The number of methoxy groups -OCH3 is 1. The number of nitrogens with one attached hydrogen (secondary N) is 2. The Kier molecular flexibility index (Phi) is 7.61. The summed E-state index contributed by atoms with van der Waals surface area (Å²) in [4.78, 5) is 13.6. The van der Waals surface area contributed by atoms with Crippen LogP contribution >= 0.6 is 0 Å². The number of carbonyl (C=O) groups is 1. The maximum Gasteiger partial charge on any atom is 0.277 e. The van der Waals surface area contributed by atoms with Crippen molar-refractivity contribution in [1.82, 2.24) is 5.43 Å². The van der Waals surface area contributed by atoms with Crippen LogP contribution in [0.15, 0.2) is 59.7 Å². The second kappa shape index (κ2) is 10.6. The van der Waals surface area contributed by atoms with Crippen LogP contribution in [0, 0.1) is 0 Å². The average molecular weight is 398 g/mol. The number of hydrogen-bond donors (Lipinski definition) is 2. The van der Waals surface area contributed by atoms with Gasteiger partial charge in [-0.25, -0.2) is 5.43 Å². The van der Waals surface area contributed by atoms with Gasteiger partial charge in [0.2, 0.25) is 0 Å². The van der Waals surface area contributed by atoms with Crippen molar-refractivity contribution in [3.63, 3.8) is 0 Å². The van der Waals surface area contributed by atoms with E-state index in [2.05, 4.69) is 22.7 Å². The molecule has 1 amide bonds. The first-order valence-corrected chi connectivity index (χ1v) is 9.75. The molecule has 1 fully saturated rings. The van der Waals surface area contributed by atoms with Crippen LogP contribution in [-0.4, -0.2) is 51.6 Å². The van der Waals surface area contributed by atoms with E-state index in [4.69, 9.17) is 14.2 Å². The third kappa shape index (κ3) is 5.79. The van der Waals surface area contributed by atoms with Crippen LogP contribution in [0.2, 0.25) is 0 Å². The molecule has 1 heterocycles. The number of hydrogen-bond acceptors (Lipinski definition) is 5. The molecule has 0 bridgehead atoms. The van der Waals surface area contributed by atoms with Crippen molar-refractivity contribution >= 4 is 11.6 Å². The van der Waals surface area contributed by atoms with E-state index < -0.39 is 0 Å². The van der Waals surface area contributed by atoms with Gasteiger partial charge in [-0.3, -0.25) is 4.79 Å². The van der Waals surface area contributed by atoms with Gasteiger partial charge < -0.3 is 19.1 Å². The van der Waals surface area contributed by atoms with E-state index in [1.54, 1.807) is 19.2 Å². The molecule has 29 heavy (non-hydrogen) atoms. The quantitative estimate of drug-likeness (QED) is 0.518. The monoisotopic (exact) mass is 398 g/mol. The fraction of sp³-hybridized carbons (Fsp3) is 0.364. The van der Waals surface area contributed by atoms with Gasteiger partial charge in [-0.15, -0.1) is 0 Å². The van der Waals surface area contributed by atoms with Gasteiger partial charge in [0, 0.05) is 5.56 Å². The Morgan fingerprint density at radius 2 is 1.76 bits per heavy atom. The van der Waals surface area contributed by atoms with Crippen molar-refractivity contribution < 1.29 is 23.9 Å². The van der Waals surface area contributed by atoms with Crippen LogP contribution in [-0.2, 0) is 9.53 Å². The minimum atomic E-state index is -0.320. The highest BCUT2D eigenvalue weighted by Gasteiger charge is 2.29. The lowest BCUT2D eigenvalue weighted by Gasteiger charge is -2.31. The van der Waals surface area contributed by atoms with Crippen molar-refractivity contribution in [2.24, 2.45) is 5.10 Å². The molecule has 3 rings (SSSR count). The molecule has 0 radical (unpaired) electrons. The summed E-state index contributed by atoms with van der Waals surface area (Å²) in [5.41, 5.74) is 4.64. The number of amides is 1. The van der Waals surface area contributed by atoms with Gasteiger partial charge in [-0.2, -0.15) is 5.10 Å². The minimum absolute atomic E-state index is 0.0653. The number of benzene rings is 2. The summed E-state index contributed by atoms with van der Waals surface area (Å²) in [7, 11) is 1.56. The number of nitrogens with zero attached hydrogens (tertiary/aromatic N) is 1. The van der Waals surface area contributed by atoms with E-state index in [1.165, 1.54) is 10.5 Å². The van der Waals surface area contributed by atoms with Gasteiger partial charge in [-0.1, -0.05) is 42.5 Å². The maximum absolute atomic E-state index is 12.2. The van der Waals surface area contributed by atoms with Crippen LogP contribution in [0.5, 0.6) is 11.5 Å². The molecule has 1 saturated heterocycles. The van der Waals surface area contributed by atoms with Crippen molar-refractivity contribution in [3.8, 4) is 11.5 Å². The molecular formula is C22H28N3O4+. The third-order valence-corrected chi connectivity index (χ3v) is 4.88. The number of para-hydroxylation sites is 2. The third-order valence-electron chi connectivity index (χ3n) is 4.88. The second-order valence-electron chi connectivity index (χ2n) is 6.84. The maximum atomic E-state index is 12.2. The van der Waals surface area contributed by atoms with Crippen molar-refractivity contribution in [2.45, 2.75) is 13.0 Å². The molecule has 0 unspecified atom stereocenters. The molecule has 2 N–H and O–H groups in total. The molecule has 1 aliphatic rings. The lowest BCUT2D eigenvalue weighted by Crippen LogP contribution is -3.15. The van der Waals surface area contributed by atoms with Gasteiger partial charge in [0.25, 0.3) is 5.91 Å². The van der Waals surface area contributed by atoms with Crippen molar-refractivity contribution in [1.29, 1.82) is 0 Å². The smallest absolute Gasteiger partial charge is 0.277 e. The Balaban J connectivity index is 1.64. The van der Waals surface area contributed by atoms with E-state index >= 15 is 0 Å². The molecule has 7 heteroatoms. The van der Waals surface area contributed by atoms with Crippen molar-refractivity contribution in [3.05, 3.63) is 60.2 Å². The molecule has 1 atom stereocenters.